The molecule has 2 atom stereocenters. The standard InChI is InChI=1S/C18H30Br2O6/c1-22-18(21)2-3-23-4-5-24-6-7-25-8-9-26-17-11-15(13-19)10-16(12-17)14-20/h11,16-17H,2-10,12-14H2,1H3/t16-,17+/m0/s1. The third kappa shape index (κ3) is 11.7. The number of carbonyl (C=O) groups is 1. The third-order valence-corrected chi connectivity index (χ3v) is 5.55. The van der Waals surface area contributed by atoms with Crippen LogP contribution in [0.3, 0.4) is 0 Å². The third-order valence-electron chi connectivity index (χ3n) is 3.91. The molecule has 0 saturated heterocycles. The highest BCUT2D eigenvalue weighted by molar-refractivity contribution is 9.09. The van der Waals surface area contributed by atoms with Gasteiger partial charge in [0.15, 0.2) is 0 Å². The molecule has 1 aliphatic rings. The summed E-state index contributed by atoms with van der Waals surface area (Å²) in [5, 5.41) is 1.92. The molecular weight excluding hydrogens is 472 g/mol. The maximum atomic E-state index is 10.9. The zero-order valence-electron chi connectivity index (χ0n) is 15.4. The Morgan fingerprint density at radius 1 is 1.04 bits per heavy atom. The van der Waals surface area contributed by atoms with E-state index in [1.54, 1.807) is 0 Å². The van der Waals surface area contributed by atoms with Crippen LogP contribution in [0, 0.1) is 5.92 Å². The smallest absolute Gasteiger partial charge is 0.307 e. The molecule has 0 amide bonds. The van der Waals surface area contributed by atoms with Gasteiger partial charge in [0.05, 0.1) is 65.9 Å². The van der Waals surface area contributed by atoms with E-state index in [-0.39, 0.29) is 18.5 Å². The number of alkyl halides is 2. The first-order valence-electron chi connectivity index (χ1n) is 8.92. The van der Waals surface area contributed by atoms with Crippen molar-refractivity contribution in [3.8, 4) is 0 Å². The maximum Gasteiger partial charge on any atom is 0.307 e. The van der Waals surface area contributed by atoms with E-state index in [9.17, 15) is 4.79 Å². The molecule has 0 saturated carbocycles. The van der Waals surface area contributed by atoms with Crippen LogP contribution in [0.25, 0.3) is 0 Å². The van der Waals surface area contributed by atoms with E-state index in [0.717, 1.165) is 23.5 Å². The number of ether oxygens (including phenoxy) is 5. The lowest BCUT2D eigenvalue weighted by atomic mass is 9.89. The molecule has 0 heterocycles. The van der Waals surface area contributed by atoms with Gasteiger partial charge in [-0.05, 0) is 18.8 Å². The van der Waals surface area contributed by atoms with E-state index >= 15 is 0 Å². The van der Waals surface area contributed by atoms with Crippen molar-refractivity contribution in [2.75, 3.05) is 64.0 Å². The predicted molar refractivity (Wildman–Crippen MR) is 107 cm³/mol. The van der Waals surface area contributed by atoms with Gasteiger partial charge in [0.25, 0.3) is 0 Å². The SMILES string of the molecule is COC(=O)CCOCCOCCOCCO[C@@H]1C=C(CBr)C[C@H](CBr)C1. The molecule has 1 aliphatic carbocycles. The van der Waals surface area contributed by atoms with Crippen LogP contribution in [0.5, 0.6) is 0 Å². The Labute approximate surface area is 173 Å². The topological polar surface area (TPSA) is 63.2 Å². The van der Waals surface area contributed by atoms with Crippen LogP contribution in [0.1, 0.15) is 19.3 Å². The van der Waals surface area contributed by atoms with Gasteiger partial charge >= 0.3 is 5.97 Å². The highest BCUT2D eigenvalue weighted by Crippen LogP contribution is 2.28. The van der Waals surface area contributed by atoms with Gasteiger partial charge in [-0.15, -0.1) is 0 Å². The molecule has 0 fully saturated rings. The molecule has 0 aliphatic heterocycles. The first-order valence-corrected chi connectivity index (χ1v) is 11.2. The molecule has 0 aromatic rings. The van der Waals surface area contributed by atoms with Crippen LogP contribution in [-0.4, -0.2) is 76.1 Å². The van der Waals surface area contributed by atoms with Crippen molar-refractivity contribution in [2.45, 2.75) is 25.4 Å². The van der Waals surface area contributed by atoms with Crippen molar-refractivity contribution in [1.82, 2.24) is 0 Å². The molecule has 1 rings (SSSR count). The van der Waals surface area contributed by atoms with E-state index in [1.807, 2.05) is 0 Å². The van der Waals surface area contributed by atoms with Gasteiger partial charge in [-0.1, -0.05) is 43.5 Å². The van der Waals surface area contributed by atoms with Crippen LogP contribution < -0.4 is 0 Å². The Hall–Kier alpha value is 0.01000. The minimum atomic E-state index is -0.267. The van der Waals surface area contributed by atoms with Crippen LogP contribution in [0.15, 0.2) is 11.6 Å². The summed E-state index contributed by atoms with van der Waals surface area (Å²) in [4.78, 5) is 10.9. The normalized spacial score (nSPS) is 20.0. The lowest BCUT2D eigenvalue weighted by Gasteiger charge is -2.27. The Kier molecular flexibility index (Phi) is 14.8. The zero-order valence-corrected chi connectivity index (χ0v) is 18.6. The van der Waals surface area contributed by atoms with Gasteiger partial charge in [-0.25, -0.2) is 0 Å². The van der Waals surface area contributed by atoms with Crippen molar-refractivity contribution in [3.63, 3.8) is 0 Å². The Bertz CT molecular complexity index is 405. The summed E-state index contributed by atoms with van der Waals surface area (Å²) >= 11 is 7.11. The molecule has 26 heavy (non-hydrogen) atoms. The highest BCUT2D eigenvalue weighted by atomic mass is 79.9. The van der Waals surface area contributed by atoms with Crippen molar-refractivity contribution in [1.29, 1.82) is 0 Å². The Morgan fingerprint density at radius 2 is 1.65 bits per heavy atom. The van der Waals surface area contributed by atoms with Crippen LogP contribution in [-0.2, 0) is 28.5 Å². The number of hydrogen-bond acceptors (Lipinski definition) is 6. The zero-order chi connectivity index (χ0) is 19.0. The molecule has 152 valence electrons. The number of halogens is 2. The van der Waals surface area contributed by atoms with Crippen molar-refractivity contribution < 1.29 is 28.5 Å². The summed E-state index contributed by atoms with van der Waals surface area (Å²) < 4.78 is 26.6. The predicted octanol–water partition coefficient (Wildman–Crippen LogP) is 3.11. The second-order valence-electron chi connectivity index (χ2n) is 5.99. The monoisotopic (exact) mass is 500 g/mol. The largest absolute Gasteiger partial charge is 0.469 e. The summed E-state index contributed by atoms with van der Waals surface area (Å²) in [7, 11) is 1.36. The van der Waals surface area contributed by atoms with E-state index in [4.69, 9.17) is 18.9 Å². The second kappa shape index (κ2) is 16.0. The van der Waals surface area contributed by atoms with E-state index in [1.165, 1.54) is 12.7 Å². The van der Waals surface area contributed by atoms with Crippen LogP contribution >= 0.6 is 31.9 Å². The fraction of sp³-hybridized carbons (Fsp3) is 0.833. The molecule has 0 N–H and O–H groups in total. The minimum absolute atomic E-state index is 0.181. The van der Waals surface area contributed by atoms with Gasteiger partial charge in [-0.2, -0.15) is 0 Å². The average molecular weight is 502 g/mol. The Balaban J connectivity index is 1.91. The molecule has 0 bridgehead atoms. The molecule has 0 spiro atoms. The summed E-state index contributed by atoms with van der Waals surface area (Å²) in [6.45, 7) is 3.49. The molecular formula is C18H30Br2O6. The quantitative estimate of drug-likeness (QED) is 0.149. The molecule has 6 nitrogen and oxygen atoms in total. The second-order valence-corrected chi connectivity index (χ2v) is 7.20. The van der Waals surface area contributed by atoms with Crippen LogP contribution in [0.4, 0.5) is 0 Å². The first kappa shape index (κ1) is 24.0. The Morgan fingerprint density at radius 3 is 2.23 bits per heavy atom. The summed E-state index contributed by atoms with van der Waals surface area (Å²) in [5.41, 5.74) is 1.41. The number of rotatable bonds is 15. The van der Waals surface area contributed by atoms with Crippen molar-refractivity contribution in [3.05, 3.63) is 11.6 Å². The summed E-state index contributed by atoms with van der Waals surface area (Å²) in [5.74, 6) is 0.373. The average Bonchev–Trinajstić information content (AvgIpc) is 2.68. The van der Waals surface area contributed by atoms with Gasteiger partial charge < -0.3 is 23.7 Å². The van der Waals surface area contributed by atoms with Crippen molar-refractivity contribution >= 4 is 37.8 Å². The van der Waals surface area contributed by atoms with E-state index in [0.29, 0.717) is 52.2 Å². The number of methoxy groups -OCH3 is 1. The first-order chi connectivity index (χ1) is 12.7. The van der Waals surface area contributed by atoms with Gasteiger partial charge in [-0.3, -0.25) is 4.79 Å². The van der Waals surface area contributed by atoms with Gasteiger partial charge in [0, 0.05) is 10.7 Å². The number of carbonyl (C=O) groups excluding carboxylic acids is 1. The van der Waals surface area contributed by atoms with Crippen molar-refractivity contribution in [2.24, 2.45) is 5.92 Å². The van der Waals surface area contributed by atoms with Gasteiger partial charge in [0.2, 0.25) is 0 Å². The number of esters is 1. The lowest BCUT2D eigenvalue weighted by Crippen LogP contribution is -2.24. The number of hydrogen-bond donors (Lipinski definition) is 0. The van der Waals surface area contributed by atoms with E-state index in [2.05, 4.69) is 42.7 Å². The molecule has 0 unspecified atom stereocenters. The van der Waals surface area contributed by atoms with Crippen LogP contribution in [0.2, 0.25) is 0 Å². The van der Waals surface area contributed by atoms with E-state index < -0.39 is 0 Å². The highest BCUT2D eigenvalue weighted by Gasteiger charge is 2.21. The number of allylic oxidation sites excluding steroid dienone is 1. The summed E-state index contributed by atoms with van der Waals surface area (Å²) in [6, 6.07) is 0. The molecule has 0 aromatic carbocycles. The molecule has 0 radical (unpaired) electrons. The fourth-order valence-electron chi connectivity index (χ4n) is 2.57. The lowest BCUT2D eigenvalue weighted by molar-refractivity contribution is -0.141. The molecule has 0 aromatic heterocycles. The minimum Gasteiger partial charge on any atom is -0.469 e. The summed E-state index contributed by atoms with van der Waals surface area (Å²) in [6.07, 6.45) is 4.87. The van der Waals surface area contributed by atoms with Gasteiger partial charge in [0.1, 0.15) is 0 Å². The molecule has 8 heteroatoms. The fourth-order valence-corrected chi connectivity index (χ4v) is 3.48. The maximum absolute atomic E-state index is 10.9.